The van der Waals surface area contributed by atoms with Crippen LogP contribution in [-0.2, 0) is 9.84 Å². The van der Waals surface area contributed by atoms with Gasteiger partial charge in [-0.3, -0.25) is 0 Å². The van der Waals surface area contributed by atoms with E-state index in [4.69, 9.17) is 5.26 Å². The third kappa shape index (κ3) is 4.05. The van der Waals surface area contributed by atoms with Crippen molar-refractivity contribution >= 4 is 9.84 Å². The fourth-order valence-corrected chi connectivity index (χ4v) is 3.37. The topological polar surface area (TPSA) is 61.2 Å². The van der Waals surface area contributed by atoms with Gasteiger partial charge in [0.25, 0.3) is 0 Å². The van der Waals surface area contributed by atoms with Crippen LogP contribution in [0.5, 0.6) is 0 Å². The van der Waals surface area contributed by atoms with Gasteiger partial charge >= 0.3 is 0 Å². The van der Waals surface area contributed by atoms with E-state index in [0.717, 1.165) is 12.5 Å². The third-order valence-electron chi connectivity index (χ3n) is 3.33. The molecular weight excluding hydrogens is 260 g/mol. The maximum atomic E-state index is 12.2. The second-order valence-corrected chi connectivity index (χ2v) is 7.27. The summed E-state index contributed by atoms with van der Waals surface area (Å²) in [5, 5.41) is 8.80. The van der Waals surface area contributed by atoms with Crippen molar-refractivity contribution in [2.75, 3.05) is 25.9 Å². The van der Waals surface area contributed by atoms with Gasteiger partial charge in [0.2, 0.25) is 0 Å². The molecule has 1 aromatic carbocycles. The summed E-state index contributed by atoms with van der Waals surface area (Å²) < 4.78 is 24.3. The van der Waals surface area contributed by atoms with E-state index in [1.807, 2.05) is 13.1 Å². The summed E-state index contributed by atoms with van der Waals surface area (Å²) >= 11 is 0. The molecule has 2 rings (SSSR count). The first-order valence-electron chi connectivity index (χ1n) is 6.43. The maximum absolute atomic E-state index is 12.2. The molecule has 0 N–H and O–H groups in total. The molecule has 0 saturated heterocycles. The second-order valence-electron chi connectivity index (χ2n) is 5.16. The van der Waals surface area contributed by atoms with E-state index in [1.165, 1.54) is 18.9 Å². The summed E-state index contributed by atoms with van der Waals surface area (Å²) in [7, 11) is -1.34. The normalized spacial score (nSPS) is 15.4. The van der Waals surface area contributed by atoms with Crippen molar-refractivity contribution in [3.8, 4) is 6.07 Å². The Morgan fingerprint density at radius 3 is 2.79 bits per heavy atom. The highest BCUT2D eigenvalue weighted by Crippen LogP contribution is 2.29. The molecule has 1 saturated carbocycles. The van der Waals surface area contributed by atoms with Gasteiger partial charge in [0.05, 0.1) is 22.3 Å². The average molecular weight is 278 g/mol. The molecule has 102 valence electrons. The minimum Gasteiger partial charge on any atom is -0.305 e. The number of nitrogens with zero attached hydrogens (tertiary/aromatic N) is 2. The van der Waals surface area contributed by atoms with Crippen molar-refractivity contribution in [2.24, 2.45) is 5.92 Å². The number of benzene rings is 1. The smallest absolute Gasteiger partial charge is 0.179 e. The van der Waals surface area contributed by atoms with E-state index < -0.39 is 9.84 Å². The van der Waals surface area contributed by atoms with E-state index in [1.54, 1.807) is 18.2 Å². The monoisotopic (exact) mass is 278 g/mol. The lowest BCUT2D eigenvalue weighted by molar-refractivity contribution is 0.338. The average Bonchev–Trinajstić information content (AvgIpc) is 3.20. The lowest BCUT2D eigenvalue weighted by Gasteiger charge is -2.16. The number of rotatable bonds is 6. The van der Waals surface area contributed by atoms with Gasteiger partial charge in [0, 0.05) is 13.1 Å². The SMILES string of the molecule is CN(CCS(=O)(=O)c1cccc(C#N)c1)CC1CC1. The first-order chi connectivity index (χ1) is 9.01. The molecule has 0 heterocycles. The number of sulfone groups is 1. The lowest BCUT2D eigenvalue weighted by atomic mass is 10.2. The Bertz CT molecular complexity index is 586. The number of hydrogen-bond acceptors (Lipinski definition) is 4. The summed E-state index contributed by atoms with van der Waals surface area (Å²) in [5.74, 6) is 0.861. The Labute approximate surface area is 114 Å². The summed E-state index contributed by atoms with van der Waals surface area (Å²) in [6, 6.07) is 8.18. The predicted molar refractivity (Wildman–Crippen MR) is 73.4 cm³/mol. The largest absolute Gasteiger partial charge is 0.305 e. The van der Waals surface area contributed by atoms with Gasteiger partial charge in [-0.05, 0) is 44.0 Å². The summed E-state index contributed by atoms with van der Waals surface area (Å²) in [5.41, 5.74) is 0.382. The molecule has 0 aliphatic heterocycles. The number of hydrogen-bond donors (Lipinski definition) is 0. The molecule has 0 spiro atoms. The molecule has 1 aliphatic carbocycles. The van der Waals surface area contributed by atoms with Crippen LogP contribution >= 0.6 is 0 Å². The summed E-state index contributed by atoms with van der Waals surface area (Å²) in [6.45, 7) is 1.52. The maximum Gasteiger partial charge on any atom is 0.179 e. The van der Waals surface area contributed by atoms with Crippen LogP contribution in [0.1, 0.15) is 18.4 Å². The molecule has 1 fully saturated rings. The molecule has 0 bridgehead atoms. The molecular formula is C14H18N2O2S. The van der Waals surface area contributed by atoms with E-state index in [-0.39, 0.29) is 10.6 Å². The quantitative estimate of drug-likeness (QED) is 0.794. The predicted octanol–water partition coefficient (Wildman–Crippen LogP) is 1.67. The standard InChI is InChI=1S/C14H18N2O2S/c1-16(11-12-5-6-12)7-8-19(17,18)14-4-2-3-13(9-14)10-15/h2-4,9,12H,5-8,11H2,1H3. The van der Waals surface area contributed by atoms with Crippen LogP contribution in [0.4, 0.5) is 0 Å². The molecule has 0 aromatic heterocycles. The zero-order valence-electron chi connectivity index (χ0n) is 11.0. The van der Waals surface area contributed by atoms with Gasteiger partial charge in [-0.25, -0.2) is 8.42 Å². The highest BCUT2D eigenvalue weighted by Gasteiger charge is 2.23. The van der Waals surface area contributed by atoms with Crippen molar-refractivity contribution in [1.82, 2.24) is 4.90 Å². The van der Waals surface area contributed by atoms with E-state index >= 15 is 0 Å². The van der Waals surface area contributed by atoms with Gasteiger partial charge in [-0.1, -0.05) is 6.07 Å². The lowest BCUT2D eigenvalue weighted by Crippen LogP contribution is -2.27. The highest BCUT2D eigenvalue weighted by atomic mass is 32.2. The summed E-state index contributed by atoms with van der Waals surface area (Å²) in [6.07, 6.45) is 2.53. The Hall–Kier alpha value is -1.38. The molecule has 0 atom stereocenters. The minimum atomic E-state index is -3.30. The van der Waals surface area contributed by atoms with Gasteiger partial charge in [-0.2, -0.15) is 5.26 Å². The highest BCUT2D eigenvalue weighted by molar-refractivity contribution is 7.91. The van der Waals surface area contributed by atoms with E-state index in [9.17, 15) is 8.42 Å². The molecule has 19 heavy (non-hydrogen) atoms. The van der Waals surface area contributed by atoms with Crippen LogP contribution in [-0.4, -0.2) is 39.2 Å². The zero-order valence-corrected chi connectivity index (χ0v) is 11.9. The Morgan fingerprint density at radius 2 is 2.16 bits per heavy atom. The molecule has 1 aliphatic rings. The minimum absolute atomic E-state index is 0.102. The van der Waals surface area contributed by atoms with Crippen molar-refractivity contribution in [3.63, 3.8) is 0 Å². The molecule has 4 nitrogen and oxygen atoms in total. The molecule has 1 aromatic rings. The zero-order chi connectivity index (χ0) is 13.9. The Kier molecular flexibility index (Phi) is 4.23. The molecule has 5 heteroatoms. The molecule has 0 amide bonds. The van der Waals surface area contributed by atoms with Crippen molar-refractivity contribution < 1.29 is 8.42 Å². The van der Waals surface area contributed by atoms with Gasteiger partial charge in [-0.15, -0.1) is 0 Å². The van der Waals surface area contributed by atoms with Crippen LogP contribution in [0.15, 0.2) is 29.2 Å². The van der Waals surface area contributed by atoms with Crippen LogP contribution in [0.3, 0.4) is 0 Å². The van der Waals surface area contributed by atoms with Gasteiger partial charge in [0.1, 0.15) is 0 Å². The number of nitriles is 1. The van der Waals surface area contributed by atoms with Crippen molar-refractivity contribution in [2.45, 2.75) is 17.7 Å². The first kappa shape index (κ1) is 14.0. The fraction of sp³-hybridized carbons (Fsp3) is 0.500. The van der Waals surface area contributed by atoms with Crippen molar-refractivity contribution in [1.29, 1.82) is 5.26 Å². The fourth-order valence-electron chi connectivity index (χ4n) is 1.99. The van der Waals surface area contributed by atoms with E-state index in [0.29, 0.717) is 12.1 Å². The van der Waals surface area contributed by atoms with Crippen LogP contribution in [0, 0.1) is 17.2 Å². The summed E-state index contributed by atoms with van der Waals surface area (Å²) in [4.78, 5) is 2.31. The first-order valence-corrected chi connectivity index (χ1v) is 8.08. The Balaban J connectivity index is 1.98. The van der Waals surface area contributed by atoms with Gasteiger partial charge in [0.15, 0.2) is 9.84 Å². The Morgan fingerprint density at radius 1 is 1.42 bits per heavy atom. The second kappa shape index (κ2) is 5.72. The molecule has 0 radical (unpaired) electrons. The molecule has 0 unspecified atom stereocenters. The van der Waals surface area contributed by atoms with Crippen molar-refractivity contribution in [3.05, 3.63) is 29.8 Å². The van der Waals surface area contributed by atoms with Crippen LogP contribution in [0.25, 0.3) is 0 Å². The van der Waals surface area contributed by atoms with Crippen LogP contribution < -0.4 is 0 Å². The van der Waals surface area contributed by atoms with Gasteiger partial charge < -0.3 is 4.90 Å². The van der Waals surface area contributed by atoms with E-state index in [2.05, 4.69) is 4.90 Å². The van der Waals surface area contributed by atoms with Crippen LogP contribution in [0.2, 0.25) is 0 Å². The third-order valence-corrected chi connectivity index (χ3v) is 5.02.